The summed E-state index contributed by atoms with van der Waals surface area (Å²) in [7, 11) is 0. The Bertz CT molecular complexity index is 736. The first-order valence-electron chi connectivity index (χ1n) is 12.0. The zero-order chi connectivity index (χ0) is 22.2. The molecular weight excluding hydrogens is 392 g/mol. The van der Waals surface area contributed by atoms with Gasteiger partial charge in [0.2, 0.25) is 11.6 Å². The lowest BCUT2D eigenvalue weighted by atomic mass is 10.0. The topological polar surface area (TPSA) is 98.8 Å². The van der Waals surface area contributed by atoms with Crippen LogP contribution in [0.3, 0.4) is 0 Å². The maximum absolute atomic E-state index is 11.5. The molecule has 0 aliphatic heterocycles. The number of nitrogens with zero attached hydrogens (tertiary/aromatic N) is 5. The van der Waals surface area contributed by atoms with Crippen LogP contribution in [0.2, 0.25) is 0 Å². The summed E-state index contributed by atoms with van der Waals surface area (Å²) in [6, 6.07) is 0. The predicted molar refractivity (Wildman–Crippen MR) is 125 cm³/mol. The lowest BCUT2D eigenvalue weighted by Crippen LogP contribution is -2.10. The minimum absolute atomic E-state index is 0.120. The number of hydrogen-bond donors (Lipinski definition) is 1. The van der Waals surface area contributed by atoms with Crippen molar-refractivity contribution < 1.29 is 4.92 Å². The van der Waals surface area contributed by atoms with Gasteiger partial charge in [0.25, 0.3) is 0 Å². The van der Waals surface area contributed by atoms with E-state index >= 15 is 0 Å². The third kappa shape index (κ3) is 9.44. The van der Waals surface area contributed by atoms with Crippen molar-refractivity contribution >= 4 is 11.5 Å². The van der Waals surface area contributed by atoms with E-state index in [1.165, 1.54) is 94.3 Å². The van der Waals surface area contributed by atoms with Crippen LogP contribution in [0.4, 0.5) is 11.5 Å². The molecule has 0 bridgehead atoms. The molecule has 0 amide bonds. The molecule has 0 aliphatic rings. The van der Waals surface area contributed by atoms with Crippen LogP contribution >= 0.6 is 0 Å². The van der Waals surface area contributed by atoms with Crippen molar-refractivity contribution in [2.45, 2.75) is 96.8 Å². The van der Waals surface area contributed by atoms with Gasteiger partial charge in [0.05, 0.1) is 4.92 Å². The summed E-state index contributed by atoms with van der Waals surface area (Å²) in [5, 5.41) is 14.7. The second-order valence-corrected chi connectivity index (χ2v) is 8.14. The van der Waals surface area contributed by atoms with Gasteiger partial charge in [-0.25, -0.2) is 15.0 Å². The van der Waals surface area contributed by atoms with Crippen LogP contribution in [-0.2, 0) is 0 Å². The fourth-order valence-electron chi connectivity index (χ4n) is 3.77. The normalized spacial score (nSPS) is 11.0. The highest BCUT2D eigenvalue weighted by Gasteiger charge is 2.23. The smallest absolute Gasteiger partial charge is 0.354 e. The number of aromatic nitrogens is 4. The van der Waals surface area contributed by atoms with E-state index in [0.29, 0.717) is 6.54 Å². The zero-order valence-electron chi connectivity index (χ0n) is 19.0. The Morgan fingerprint density at radius 2 is 1.48 bits per heavy atom. The highest BCUT2D eigenvalue weighted by molar-refractivity contribution is 5.63. The van der Waals surface area contributed by atoms with Crippen molar-refractivity contribution in [1.29, 1.82) is 0 Å². The molecule has 0 fully saturated rings. The molecule has 0 aromatic carbocycles. The number of rotatable bonds is 18. The molecule has 31 heavy (non-hydrogen) atoms. The first-order chi connectivity index (χ1) is 15.2. The zero-order valence-corrected chi connectivity index (χ0v) is 19.0. The van der Waals surface area contributed by atoms with E-state index in [1.807, 2.05) is 0 Å². The standard InChI is InChI=1S/C23H38N6O2/c1-2-3-4-5-6-7-8-9-10-11-12-13-14-15-16-25-22-21(29(30)31)23(27-19-26-22)28-18-17-24-20-28/h17-20H,2-16H2,1H3,(H,25,26,27). The predicted octanol–water partition coefficient (Wildman–Crippen LogP) is 6.46. The third-order valence-electron chi connectivity index (χ3n) is 5.56. The van der Waals surface area contributed by atoms with Gasteiger partial charge >= 0.3 is 5.69 Å². The Kier molecular flexibility index (Phi) is 12.2. The van der Waals surface area contributed by atoms with Crippen molar-refractivity contribution in [3.63, 3.8) is 0 Å². The second kappa shape index (κ2) is 15.3. The monoisotopic (exact) mass is 430 g/mol. The molecule has 2 aromatic rings. The van der Waals surface area contributed by atoms with Crippen LogP contribution in [0.5, 0.6) is 0 Å². The number of imidazole rings is 1. The lowest BCUT2D eigenvalue weighted by molar-refractivity contribution is -0.384. The van der Waals surface area contributed by atoms with Gasteiger partial charge in [-0.3, -0.25) is 14.7 Å². The maximum atomic E-state index is 11.5. The summed E-state index contributed by atoms with van der Waals surface area (Å²) in [5.74, 6) is 0.486. The van der Waals surface area contributed by atoms with Crippen molar-refractivity contribution in [3.8, 4) is 5.82 Å². The van der Waals surface area contributed by atoms with E-state index in [-0.39, 0.29) is 17.3 Å². The summed E-state index contributed by atoms with van der Waals surface area (Å²) in [6.07, 6.45) is 24.3. The average Bonchev–Trinajstić information content (AvgIpc) is 3.31. The van der Waals surface area contributed by atoms with E-state index in [9.17, 15) is 10.1 Å². The molecule has 0 saturated carbocycles. The maximum Gasteiger partial charge on any atom is 0.354 e. The molecule has 0 atom stereocenters. The molecule has 0 radical (unpaired) electrons. The minimum Gasteiger partial charge on any atom is -0.364 e. The van der Waals surface area contributed by atoms with Crippen molar-refractivity contribution in [1.82, 2.24) is 19.5 Å². The fourth-order valence-corrected chi connectivity index (χ4v) is 3.77. The van der Waals surface area contributed by atoms with Crippen LogP contribution in [0, 0.1) is 10.1 Å². The third-order valence-corrected chi connectivity index (χ3v) is 5.56. The lowest BCUT2D eigenvalue weighted by Gasteiger charge is -2.09. The molecule has 2 heterocycles. The Morgan fingerprint density at radius 1 is 0.903 bits per heavy atom. The molecule has 1 N–H and O–H groups in total. The molecule has 2 rings (SSSR count). The van der Waals surface area contributed by atoms with Crippen LogP contribution in [0.25, 0.3) is 5.82 Å². The largest absolute Gasteiger partial charge is 0.364 e. The highest BCUT2D eigenvalue weighted by atomic mass is 16.6. The molecule has 0 aliphatic carbocycles. The molecule has 172 valence electrons. The quantitative estimate of drug-likeness (QED) is 0.165. The van der Waals surface area contributed by atoms with Gasteiger partial charge in [0.15, 0.2) is 0 Å². The SMILES string of the molecule is CCCCCCCCCCCCCCCCNc1ncnc(-n2ccnc2)c1[N+](=O)[O-]. The summed E-state index contributed by atoms with van der Waals surface area (Å²) in [4.78, 5) is 23.2. The second-order valence-electron chi connectivity index (χ2n) is 8.14. The van der Waals surface area contributed by atoms with E-state index in [0.717, 1.165) is 12.8 Å². The van der Waals surface area contributed by atoms with Crippen LogP contribution < -0.4 is 5.32 Å². The van der Waals surface area contributed by atoms with Crippen LogP contribution in [0.15, 0.2) is 25.0 Å². The molecule has 8 heteroatoms. The Labute approximate surface area is 186 Å². The van der Waals surface area contributed by atoms with Gasteiger partial charge in [-0.2, -0.15) is 0 Å². The summed E-state index contributed by atoms with van der Waals surface area (Å²) in [5.41, 5.74) is -0.120. The molecule has 8 nitrogen and oxygen atoms in total. The van der Waals surface area contributed by atoms with Crippen LogP contribution in [-0.4, -0.2) is 31.0 Å². The van der Waals surface area contributed by atoms with Gasteiger partial charge in [-0.15, -0.1) is 0 Å². The fraction of sp³-hybridized carbons (Fsp3) is 0.696. The first-order valence-corrected chi connectivity index (χ1v) is 12.0. The minimum atomic E-state index is -0.442. The van der Waals surface area contributed by atoms with E-state index in [1.54, 1.807) is 12.4 Å². The highest BCUT2D eigenvalue weighted by Crippen LogP contribution is 2.27. The molecular formula is C23H38N6O2. The first kappa shape index (κ1) is 24.8. The number of unbranched alkanes of at least 4 members (excludes halogenated alkanes) is 13. The number of anilines is 1. The van der Waals surface area contributed by atoms with Gasteiger partial charge in [0.1, 0.15) is 12.7 Å². The van der Waals surface area contributed by atoms with Crippen LogP contribution in [0.1, 0.15) is 96.8 Å². The van der Waals surface area contributed by atoms with E-state index < -0.39 is 4.92 Å². The van der Waals surface area contributed by atoms with Gasteiger partial charge in [-0.1, -0.05) is 90.4 Å². The van der Waals surface area contributed by atoms with E-state index in [2.05, 4.69) is 27.2 Å². The molecule has 0 unspecified atom stereocenters. The number of nitrogens with one attached hydrogen (secondary N) is 1. The molecule has 2 aromatic heterocycles. The number of nitro groups is 1. The Morgan fingerprint density at radius 3 is 2.00 bits per heavy atom. The molecule has 0 saturated heterocycles. The van der Waals surface area contributed by atoms with Crippen molar-refractivity contribution in [2.75, 3.05) is 11.9 Å². The van der Waals surface area contributed by atoms with Gasteiger partial charge < -0.3 is 5.32 Å². The van der Waals surface area contributed by atoms with Gasteiger partial charge in [0, 0.05) is 18.9 Å². The number of hydrogen-bond acceptors (Lipinski definition) is 6. The average molecular weight is 431 g/mol. The Hall–Kier alpha value is -2.51. The Balaban J connectivity index is 1.55. The molecule has 0 spiro atoms. The van der Waals surface area contributed by atoms with Crippen molar-refractivity contribution in [3.05, 3.63) is 35.2 Å². The summed E-state index contributed by atoms with van der Waals surface area (Å²) in [6.45, 7) is 2.93. The van der Waals surface area contributed by atoms with E-state index in [4.69, 9.17) is 0 Å². The summed E-state index contributed by atoms with van der Waals surface area (Å²) >= 11 is 0. The van der Waals surface area contributed by atoms with Gasteiger partial charge in [-0.05, 0) is 6.42 Å². The van der Waals surface area contributed by atoms with Crippen molar-refractivity contribution in [2.24, 2.45) is 0 Å². The summed E-state index contributed by atoms with van der Waals surface area (Å²) < 4.78 is 1.53.